The third-order valence-electron chi connectivity index (χ3n) is 7.69. The van der Waals surface area contributed by atoms with Gasteiger partial charge in [-0.25, -0.2) is 4.79 Å². The van der Waals surface area contributed by atoms with Gasteiger partial charge in [0.25, 0.3) is 0 Å². The standard InChI is InChI=1S/C29H36N6O2/c1-2-8-26-27(29(36)37)34(18-17-21-9-4-3-5-10-21)20-35(26)19-22-13-15-23(16-14-22)24-11-6-7-12-25(24)28-30-32-33-31-28/h6-7,11-16,21H,2-5,8-10,17-20H2,1H3,(H,36,37)(H,30,31,32,33). The van der Waals surface area contributed by atoms with Crippen LogP contribution in [0.3, 0.4) is 0 Å². The van der Waals surface area contributed by atoms with Gasteiger partial charge in [-0.3, -0.25) is 0 Å². The Bertz CT molecular complexity index is 1220. The Kier molecular flexibility index (Phi) is 7.82. The summed E-state index contributed by atoms with van der Waals surface area (Å²) in [5.41, 5.74) is 5.68. The van der Waals surface area contributed by atoms with E-state index in [1.165, 1.54) is 32.1 Å². The molecule has 0 atom stereocenters. The molecule has 194 valence electrons. The summed E-state index contributed by atoms with van der Waals surface area (Å²) in [6, 6.07) is 16.5. The van der Waals surface area contributed by atoms with Gasteiger partial charge in [-0.1, -0.05) is 94.0 Å². The molecule has 1 aromatic heterocycles. The maximum absolute atomic E-state index is 12.3. The van der Waals surface area contributed by atoms with Crippen molar-refractivity contribution in [3.05, 3.63) is 65.5 Å². The SMILES string of the molecule is CCCC1=C(C(=O)O)N(CCC2CCCCC2)CN1Cc1ccc(-c2ccccc2-c2nn[nH]n2)cc1. The predicted octanol–water partition coefficient (Wildman–Crippen LogP) is 5.68. The van der Waals surface area contributed by atoms with Crippen LogP contribution in [0, 0.1) is 5.92 Å². The highest BCUT2D eigenvalue weighted by Crippen LogP contribution is 2.33. The van der Waals surface area contributed by atoms with Crippen molar-refractivity contribution in [3.63, 3.8) is 0 Å². The summed E-state index contributed by atoms with van der Waals surface area (Å²) in [4.78, 5) is 16.7. The van der Waals surface area contributed by atoms with E-state index in [0.29, 0.717) is 24.7 Å². The summed E-state index contributed by atoms with van der Waals surface area (Å²) >= 11 is 0. The van der Waals surface area contributed by atoms with Gasteiger partial charge in [0, 0.05) is 24.4 Å². The lowest BCUT2D eigenvalue weighted by molar-refractivity contribution is -0.134. The molecule has 1 aliphatic carbocycles. The van der Waals surface area contributed by atoms with E-state index in [9.17, 15) is 9.90 Å². The van der Waals surface area contributed by atoms with Crippen molar-refractivity contribution in [1.29, 1.82) is 0 Å². The van der Waals surface area contributed by atoms with E-state index in [0.717, 1.165) is 59.7 Å². The molecular weight excluding hydrogens is 464 g/mol. The first-order valence-corrected chi connectivity index (χ1v) is 13.5. The fourth-order valence-electron chi connectivity index (χ4n) is 5.82. The molecule has 0 spiro atoms. The lowest BCUT2D eigenvalue weighted by Crippen LogP contribution is -2.31. The second-order valence-corrected chi connectivity index (χ2v) is 10.2. The van der Waals surface area contributed by atoms with E-state index >= 15 is 0 Å². The molecule has 37 heavy (non-hydrogen) atoms. The van der Waals surface area contributed by atoms with Gasteiger partial charge in [0.05, 0.1) is 6.67 Å². The molecule has 1 fully saturated rings. The number of nitrogens with one attached hydrogen (secondary N) is 1. The molecule has 2 aliphatic rings. The second-order valence-electron chi connectivity index (χ2n) is 10.2. The Morgan fingerprint density at radius 3 is 2.46 bits per heavy atom. The number of H-pyrrole nitrogens is 1. The van der Waals surface area contributed by atoms with Crippen LogP contribution in [-0.4, -0.2) is 54.7 Å². The van der Waals surface area contributed by atoms with Gasteiger partial charge in [-0.15, -0.1) is 10.2 Å². The van der Waals surface area contributed by atoms with E-state index < -0.39 is 5.97 Å². The van der Waals surface area contributed by atoms with Gasteiger partial charge in [0.2, 0.25) is 5.82 Å². The fourth-order valence-corrected chi connectivity index (χ4v) is 5.82. The van der Waals surface area contributed by atoms with Crippen molar-refractivity contribution in [3.8, 4) is 22.5 Å². The van der Waals surface area contributed by atoms with Crippen molar-refractivity contribution in [2.24, 2.45) is 5.92 Å². The normalized spacial score (nSPS) is 16.6. The van der Waals surface area contributed by atoms with Gasteiger partial charge in [-0.2, -0.15) is 5.21 Å². The highest BCUT2D eigenvalue weighted by molar-refractivity contribution is 5.87. The predicted molar refractivity (Wildman–Crippen MR) is 143 cm³/mol. The molecule has 0 saturated heterocycles. The molecule has 1 aliphatic heterocycles. The van der Waals surface area contributed by atoms with Crippen molar-refractivity contribution < 1.29 is 9.90 Å². The highest BCUT2D eigenvalue weighted by Gasteiger charge is 2.33. The molecule has 8 heteroatoms. The lowest BCUT2D eigenvalue weighted by Gasteiger charge is -2.27. The van der Waals surface area contributed by atoms with Crippen molar-refractivity contribution in [2.75, 3.05) is 13.2 Å². The van der Waals surface area contributed by atoms with Crippen LogP contribution in [0.4, 0.5) is 0 Å². The molecule has 8 nitrogen and oxygen atoms in total. The molecule has 2 aromatic carbocycles. The first-order valence-electron chi connectivity index (χ1n) is 13.5. The van der Waals surface area contributed by atoms with E-state index in [2.05, 4.69) is 67.7 Å². The smallest absolute Gasteiger partial charge is 0.354 e. The van der Waals surface area contributed by atoms with Crippen LogP contribution in [0.1, 0.15) is 63.9 Å². The Hall–Kier alpha value is -3.68. The maximum atomic E-state index is 12.3. The van der Waals surface area contributed by atoms with Crippen LogP contribution < -0.4 is 0 Å². The number of aliphatic carboxylic acids is 1. The molecule has 5 rings (SSSR count). The molecule has 0 unspecified atom stereocenters. The average molecular weight is 501 g/mol. The Labute approximate surface area is 218 Å². The lowest BCUT2D eigenvalue weighted by atomic mass is 9.87. The van der Waals surface area contributed by atoms with E-state index in [4.69, 9.17) is 0 Å². The molecule has 3 aromatic rings. The molecule has 0 amide bonds. The third-order valence-corrected chi connectivity index (χ3v) is 7.69. The van der Waals surface area contributed by atoms with Crippen LogP contribution in [0.25, 0.3) is 22.5 Å². The largest absolute Gasteiger partial charge is 0.477 e. The van der Waals surface area contributed by atoms with Gasteiger partial charge >= 0.3 is 5.97 Å². The van der Waals surface area contributed by atoms with Crippen molar-refractivity contribution in [1.82, 2.24) is 30.4 Å². The van der Waals surface area contributed by atoms with E-state index in [1.54, 1.807) is 0 Å². The number of carboxylic acid groups (broad SMARTS) is 1. The number of carboxylic acids is 1. The van der Waals surface area contributed by atoms with E-state index in [1.807, 2.05) is 18.2 Å². The van der Waals surface area contributed by atoms with Gasteiger partial charge in [0.15, 0.2) is 0 Å². The monoisotopic (exact) mass is 500 g/mol. The van der Waals surface area contributed by atoms with Crippen LogP contribution in [0.15, 0.2) is 59.9 Å². The number of tetrazole rings is 1. The number of allylic oxidation sites excluding steroid dienone is 1. The molecule has 2 N–H and O–H groups in total. The number of hydrogen-bond donors (Lipinski definition) is 2. The first kappa shape index (κ1) is 25.0. The fraction of sp³-hybridized carbons (Fsp3) is 0.448. The molecule has 1 saturated carbocycles. The Morgan fingerprint density at radius 1 is 1.03 bits per heavy atom. The molecule has 0 radical (unpaired) electrons. The van der Waals surface area contributed by atoms with Crippen LogP contribution in [-0.2, 0) is 11.3 Å². The highest BCUT2D eigenvalue weighted by atomic mass is 16.4. The van der Waals surface area contributed by atoms with Crippen LogP contribution >= 0.6 is 0 Å². The van der Waals surface area contributed by atoms with Crippen molar-refractivity contribution in [2.45, 2.75) is 64.8 Å². The third kappa shape index (κ3) is 5.68. The quantitative estimate of drug-likeness (QED) is 0.370. The number of aromatic amines is 1. The number of aromatic nitrogens is 4. The summed E-state index contributed by atoms with van der Waals surface area (Å²) in [6.45, 7) is 4.28. The van der Waals surface area contributed by atoms with Crippen LogP contribution in [0.5, 0.6) is 0 Å². The van der Waals surface area contributed by atoms with Gasteiger partial charge < -0.3 is 14.9 Å². The van der Waals surface area contributed by atoms with Crippen LogP contribution in [0.2, 0.25) is 0 Å². The van der Waals surface area contributed by atoms with Gasteiger partial charge in [0.1, 0.15) is 5.70 Å². The van der Waals surface area contributed by atoms with E-state index in [-0.39, 0.29) is 0 Å². The topological polar surface area (TPSA) is 98.2 Å². The summed E-state index contributed by atoms with van der Waals surface area (Å²) in [6.07, 6.45) is 9.32. The average Bonchev–Trinajstić information content (AvgIpc) is 3.58. The summed E-state index contributed by atoms with van der Waals surface area (Å²) in [7, 11) is 0. The zero-order chi connectivity index (χ0) is 25.6. The number of carbonyl (C=O) groups is 1. The number of rotatable bonds is 10. The summed E-state index contributed by atoms with van der Waals surface area (Å²) in [5.74, 6) is 0.499. The zero-order valence-corrected chi connectivity index (χ0v) is 21.6. The zero-order valence-electron chi connectivity index (χ0n) is 21.6. The second kappa shape index (κ2) is 11.6. The van der Waals surface area contributed by atoms with Crippen molar-refractivity contribution >= 4 is 5.97 Å². The Morgan fingerprint density at radius 2 is 1.78 bits per heavy atom. The summed E-state index contributed by atoms with van der Waals surface area (Å²) < 4.78 is 0. The number of benzene rings is 2. The minimum Gasteiger partial charge on any atom is -0.477 e. The Balaban J connectivity index is 1.32. The molecule has 2 heterocycles. The first-order chi connectivity index (χ1) is 18.1. The van der Waals surface area contributed by atoms with Gasteiger partial charge in [-0.05, 0) is 40.7 Å². The number of hydrogen-bond acceptors (Lipinski definition) is 6. The molecule has 0 bridgehead atoms. The molecular formula is C29H36N6O2. The number of nitrogens with zero attached hydrogens (tertiary/aromatic N) is 5. The minimum absolute atomic E-state index is 0.503. The minimum atomic E-state index is -0.803. The maximum Gasteiger partial charge on any atom is 0.354 e. The summed E-state index contributed by atoms with van der Waals surface area (Å²) in [5, 5.41) is 24.6.